The third-order valence-electron chi connectivity index (χ3n) is 4.49. The SMILES string of the molecule is CCc1cccc(CC)c1NC(=O)[C@@H](C)N(c1ccc(Cl)c(Cl)c1)S(C)(=O)=O. The molecular weight excluding hydrogens is 419 g/mol. The molecule has 0 aliphatic rings. The van der Waals surface area contributed by atoms with Crippen molar-refractivity contribution < 1.29 is 13.2 Å². The van der Waals surface area contributed by atoms with Crippen LogP contribution >= 0.6 is 23.2 Å². The summed E-state index contributed by atoms with van der Waals surface area (Å²) < 4.78 is 25.9. The van der Waals surface area contributed by atoms with Crippen molar-refractivity contribution in [1.82, 2.24) is 0 Å². The van der Waals surface area contributed by atoms with Crippen molar-refractivity contribution in [2.45, 2.75) is 39.7 Å². The first-order chi connectivity index (χ1) is 13.1. The smallest absolute Gasteiger partial charge is 0.248 e. The van der Waals surface area contributed by atoms with E-state index in [0.29, 0.717) is 5.02 Å². The summed E-state index contributed by atoms with van der Waals surface area (Å²) in [6.45, 7) is 5.55. The summed E-state index contributed by atoms with van der Waals surface area (Å²) in [6.07, 6.45) is 2.55. The standard InChI is InChI=1S/C20H24Cl2N2O3S/c1-5-14-8-7-9-15(6-2)19(14)23-20(25)13(3)24(28(4,26)27)16-10-11-17(21)18(22)12-16/h7-13H,5-6H2,1-4H3,(H,23,25)/t13-/m1/s1. The van der Waals surface area contributed by atoms with E-state index in [0.717, 1.165) is 40.2 Å². The zero-order valence-electron chi connectivity index (χ0n) is 16.3. The van der Waals surface area contributed by atoms with E-state index in [-0.39, 0.29) is 10.7 Å². The molecule has 1 N–H and O–H groups in total. The maximum atomic E-state index is 13.0. The highest BCUT2D eigenvalue weighted by Gasteiger charge is 2.30. The van der Waals surface area contributed by atoms with E-state index in [1.165, 1.54) is 18.2 Å². The van der Waals surface area contributed by atoms with Crippen LogP contribution in [0.5, 0.6) is 0 Å². The number of nitrogens with one attached hydrogen (secondary N) is 1. The molecular formula is C20H24Cl2N2O3S. The Labute approximate surface area is 176 Å². The Morgan fingerprint density at radius 3 is 2.11 bits per heavy atom. The Bertz CT molecular complexity index is 955. The number of hydrogen-bond acceptors (Lipinski definition) is 3. The summed E-state index contributed by atoms with van der Waals surface area (Å²) in [5.74, 6) is -0.424. The van der Waals surface area contributed by atoms with Gasteiger partial charge >= 0.3 is 0 Å². The van der Waals surface area contributed by atoms with Gasteiger partial charge in [0.25, 0.3) is 0 Å². The topological polar surface area (TPSA) is 66.5 Å². The monoisotopic (exact) mass is 442 g/mol. The van der Waals surface area contributed by atoms with Crippen molar-refractivity contribution in [2.75, 3.05) is 15.9 Å². The predicted octanol–water partition coefficient (Wildman–Crippen LogP) is 4.91. The Morgan fingerprint density at radius 1 is 1.07 bits per heavy atom. The maximum absolute atomic E-state index is 13.0. The summed E-state index contributed by atoms with van der Waals surface area (Å²) >= 11 is 12.0. The molecule has 1 atom stereocenters. The molecule has 0 aliphatic carbocycles. The fraction of sp³-hybridized carbons (Fsp3) is 0.350. The average molecular weight is 443 g/mol. The Morgan fingerprint density at radius 2 is 1.64 bits per heavy atom. The quantitative estimate of drug-likeness (QED) is 0.661. The highest BCUT2D eigenvalue weighted by Crippen LogP contribution is 2.30. The Hall–Kier alpha value is -1.76. The van der Waals surface area contributed by atoms with E-state index in [1.807, 2.05) is 32.0 Å². The molecule has 0 aromatic heterocycles. The van der Waals surface area contributed by atoms with E-state index < -0.39 is 22.0 Å². The third kappa shape index (κ3) is 4.99. The zero-order chi connectivity index (χ0) is 21.1. The molecule has 0 aliphatic heterocycles. The fourth-order valence-corrected chi connectivity index (χ4v) is 4.52. The third-order valence-corrected chi connectivity index (χ3v) is 6.47. The first-order valence-corrected chi connectivity index (χ1v) is 11.6. The highest BCUT2D eigenvalue weighted by molar-refractivity contribution is 7.92. The van der Waals surface area contributed by atoms with Crippen molar-refractivity contribution in [3.05, 3.63) is 57.6 Å². The molecule has 2 rings (SSSR count). The second-order valence-electron chi connectivity index (χ2n) is 6.48. The number of sulfonamides is 1. The lowest BCUT2D eigenvalue weighted by Gasteiger charge is -2.29. The lowest BCUT2D eigenvalue weighted by Crippen LogP contribution is -2.45. The second-order valence-corrected chi connectivity index (χ2v) is 9.15. The lowest BCUT2D eigenvalue weighted by atomic mass is 10.0. The van der Waals surface area contributed by atoms with Gasteiger partial charge in [-0.25, -0.2) is 8.42 Å². The van der Waals surface area contributed by atoms with E-state index in [1.54, 1.807) is 6.92 Å². The molecule has 5 nitrogen and oxygen atoms in total. The number of nitrogens with zero attached hydrogens (tertiary/aromatic N) is 1. The van der Waals surface area contributed by atoms with Crippen molar-refractivity contribution in [2.24, 2.45) is 0 Å². The van der Waals surface area contributed by atoms with Crippen molar-refractivity contribution >= 4 is 50.5 Å². The summed E-state index contributed by atoms with van der Waals surface area (Å²) in [4.78, 5) is 13.0. The number of aryl methyl sites for hydroxylation is 2. The van der Waals surface area contributed by atoms with Crippen LogP contribution in [0.4, 0.5) is 11.4 Å². The normalized spacial score (nSPS) is 12.5. The molecule has 0 bridgehead atoms. The van der Waals surface area contributed by atoms with Crippen molar-refractivity contribution in [3.63, 3.8) is 0 Å². The van der Waals surface area contributed by atoms with Crippen LogP contribution in [0, 0.1) is 0 Å². The molecule has 0 fully saturated rings. The Kier molecular flexibility index (Phi) is 7.37. The van der Waals surface area contributed by atoms with Crippen LogP contribution in [-0.2, 0) is 27.7 Å². The van der Waals surface area contributed by atoms with E-state index in [9.17, 15) is 13.2 Å². The molecule has 0 heterocycles. The number of hydrogen-bond donors (Lipinski definition) is 1. The second kappa shape index (κ2) is 9.16. The number of para-hydroxylation sites is 1. The largest absolute Gasteiger partial charge is 0.324 e. The van der Waals surface area contributed by atoms with E-state index in [4.69, 9.17) is 23.2 Å². The summed E-state index contributed by atoms with van der Waals surface area (Å²) in [5, 5.41) is 3.44. The molecule has 2 aromatic carbocycles. The molecule has 1 amide bonds. The first kappa shape index (κ1) is 22.5. The number of halogens is 2. The van der Waals surface area contributed by atoms with Gasteiger partial charge in [-0.05, 0) is 49.1 Å². The molecule has 0 spiro atoms. The molecule has 0 unspecified atom stereocenters. The number of benzene rings is 2. The van der Waals surface area contributed by atoms with Crippen LogP contribution in [0.1, 0.15) is 31.9 Å². The van der Waals surface area contributed by atoms with Crippen LogP contribution in [0.2, 0.25) is 10.0 Å². The number of anilines is 2. The number of rotatable bonds is 7. The van der Waals surface area contributed by atoms with Crippen LogP contribution in [0.15, 0.2) is 36.4 Å². The van der Waals surface area contributed by atoms with E-state index >= 15 is 0 Å². The molecule has 0 radical (unpaired) electrons. The molecule has 8 heteroatoms. The molecule has 152 valence electrons. The maximum Gasteiger partial charge on any atom is 0.248 e. The first-order valence-electron chi connectivity index (χ1n) is 8.96. The highest BCUT2D eigenvalue weighted by atomic mass is 35.5. The van der Waals surface area contributed by atoms with Crippen LogP contribution in [0.3, 0.4) is 0 Å². The summed E-state index contributed by atoms with van der Waals surface area (Å²) in [5.41, 5.74) is 3.02. The van der Waals surface area contributed by atoms with Gasteiger partial charge in [-0.2, -0.15) is 0 Å². The predicted molar refractivity (Wildman–Crippen MR) is 117 cm³/mol. The van der Waals surface area contributed by atoms with Gasteiger partial charge in [0.15, 0.2) is 0 Å². The van der Waals surface area contributed by atoms with Crippen molar-refractivity contribution in [3.8, 4) is 0 Å². The lowest BCUT2D eigenvalue weighted by molar-refractivity contribution is -0.116. The van der Waals surface area contributed by atoms with Crippen LogP contribution in [0.25, 0.3) is 0 Å². The van der Waals surface area contributed by atoms with Crippen molar-refractivity contribution in [1.29, 1.82) is 0 Å². The van der Waals surface area contributed by atoms with Gasteiger partial charge in [0.2, 0.25) is 15.9 Å². The average Bonchev–Trinajstić information content (AvgIpc) is 2.63. The molecule has 0 saturated heterocycles. The molecule has 0 saturated carbocycles. The van der Waals surface area contributed by atoms with Crippen LogP contribution in [-0.4, -0.2) is 26.6 Å². The minimum absolute atomic E-state index is 0.213. The van der Waals surface area contributed by atoms with Gasteiger partial charge in [0.05, 0.1) is 22.0 Å². The minimum atomic E-state index is -3.74. The zero-order valence-corrected chi connectivity index (χ0v) is 18.6. The van der Waals surface area contributed by atoms with Gasteiger partial charge in [-0.1, -0.05) is 55.2 Å². The minimum Gasteiger partial charge on any atom is -0.324 e. The van der Waals surface area contributed by atoms with Gasteiger partial charge < -0.3 is 5.32 Å². The Balaban J connectivity index is 2.42. The fourth-order valence-electron chi connectivity index (χ4n) is 3.06. The molecule has 2 aromatic rings. The summed E-state index contributed by atoms with van der Waals surface area (Å²) in [6, 6.07) is 9.34. The van der Waals surface area contributed by atoms with E-state index in [2.05, 4.69) is 5.32 Å². The van der Waals surface area contributed by atoms with Gasteiger partial charge in [0.1, 0.15) is 6.04 Å². The summed E-state index contributed by atoms with van der Waals surface area (Å²) in [7, 11) is -3.74. The van der Waals surface area contributed by atoms with Gasteiger partial charge in [0, 0.05) is 5.69 Å². The van der Waals surface area contributed by atoms with Gasteiger partial charge in [-0.3, -0.25) is 9.10 Å². The number of carbonyl (C=O) groups excluding carboxylic acids is 1. The molecule has 28 heavy (non-hydrogen) atoms. The number of carbonyl (C=O) groups is 1. The number of amides is 1. The van der Waals surface area contributed by atoms with Crippen LogP contribution < -0.4 is 9.62 Å². The van der Waals surface area contributed by atoms with Gasteiger partial charge in [-0.15, -0.1) is 0 Å².